The maximum absolute atomic E-state index is 12.5. The Morgan fingerprint density at radius 2 is 1.88 bits per heavy atom. The van der Waals surface area contributed by atoms with Crippen LogP contribution >= 0.6 is 0 Å². The third kappa shape index (κ3) is 4.92. The van der Waals surface area contributed by atoms with Gasteiger partial charge >= 0.3 is 0 Å². The third-order valence-corrected chi connectivity index (χ3v) is 3.82. The van der Waals surface area contributed by atoms with E-state index in [0.717, 1.165) is 5.56 Å². The Bertz CT molecular complexity index is 693. The second-order valence-electron chi connectivity index (χ2n) is 5.53. The van der Waals surface area contributed by atoms with Gasteiger partial charge in [0.05, 0.1) is 24.3 Å². The first kappa shape index (κ1) is 17.7. The molecule has 2 aromatic carbocycles. The van der Waals surface area contributed by atoms with Crippen LogP contribution in [0.1, 0.15) is 18.1 Å². The van der Waals surface area contributed by atoms with Gasteiger partial charge in [0.25, 0.3) is 0 Å². The standard InChI is InChI=1S/C19H21N3O2/c1-15(19(24)21-18-9-7-16(13-20)8-10-18)22(11-12-23)14-17-5-3-2-4-6-17/h2-10,15,23H,11-12,14H2,1H3,(H,21,24). The molecule has 0 heterocycles. The number of carbonyl (C=O) groups is 1. The van der Waals surface area contributed by atoms with E-state index in [4.69, 9.17) is 5.26 Å². The molecule has 0 aliphatic rings. The lowest BCUT2D eigenvalue weighted by molar-refractivity contribution is -0.121. The minimum atomic E-state index is -0.395. The minimum Gasteiger partial charge on any atom is -0.395 e. The fourth-order valence-corrected chi connectivity index (χ4v) is 2.40. The van der Waals surface area contributed by atoms with Crippen LogP contribution in [0.5, 0.6) is 0 Å². The largest absolute Gasteiger partial charge is 0.395 e. The zero-order valence-corrected chi connectivity index (χ0v) is 13.6. The Labute approximate surface area is 142 Å². The van der Waals surface area contributed by atoms with Crippen LogP contribution in [0.25, 0.3) is 0 Å². The molecule has 5 nitrogen and oxygen atoms in total. The molecule has 1 amide bonds. The molecule has 0 saturated carbocycles. The molecule has 1 atom stereocenters. The van der Waals surface area contributed by atoms with Crippen molar-refractivity contribution in [2.75, 3.05) is 18.5 Å². The van der Waals surface area contributed by atoms with E-state index < -0.39 is 6.04 Å². The third-order valence-electron chi connectivity index (χ3n) is 3.82. The number of aliphatic hydroxyl groups excluding tert-OH is 1. The maximum Gasteiger partial charge on any atom is 0.241 e. The van der Waals surface area contributed by atoms with Crippen LogP contribution in [0.4, 0.5) is 5.69 Å². The van der Waals surface area contributed by atoms with E-state index >= 15 is 0 Å². The van der Waals surface area contributed by atoms with Gasteiger partial charge in [-0.15, -0.1) is 0 Å². The second kappa shape index (κ2) is 8.82. The summed E-state index contributed by atoms with van der Waals surface area (Å²) in [7, 11) is 0. The molecule has 24 heavy (non-hydrogen) atoms. The first-order chi connectivity index (χ1) is 11.6. The molecular weight excluding hydrogens is 302 g/mol. The monoisotopic (exact) mass is 323 g/mol. The van der Waals surface area contributed by atoms with Crippen LogP contribution < -0.4 is 5.32 Å². The average molecular weight is 323 g/mol. The van der Waals surface area contributed by atoms with E-state index in [0.29, 0.717) is 24.3 Å². The highest BCUT2D eigenvalue weighted by Gasteiger charge is 2.21. The van der Waals surface area contributed by atoms with Gasteiger partial charge in [-0.3, -0.25) is 9.69 Å². The summed E-state index contributed by atoms with van der Waals surface area (Å²) >= 11 is 0. The van der Waals surface area contributed by atoms with Crippen molar-refractivity contribution in [1.29, 1.82) is 5.26 Å². The van der Waals surface area contributed by atoms with Gasteiger partial charge in [0.2, 0.25) is 5.91 Å². The molecule has 0 fully saturated rings. The Morgan fingerprint density at radius 1 is 1.21 bits per heavy atom. The zero-order chi connectivity index (χ0) is 17.4. The SMILES string of the molecule is CC(C(=O)Nc1ccc(C#N)cc1)N(CCO)Cc1ccccc1. The van der Waals surface area contributed by atoms with E-state index in [-0.39, 0.29) is 12.5 Å². The molecule has 1 unspecified atom stereocenters. The molecule has 0 saturated heterocycles. The van der Waals surface area contributed by atoms with Crippen molar-refractivity contribution in [2.45, 2.75) is 19.5 Å². The van der Waals surface area contributed by atoms with E-state index in [1.807, 2.05) is 48.2 Å². The molecule has 0 aromatic heterocycles. The van der Waals surface area contributed by atoms with Gasteiger partial charge < -0.3 is 10.4 Å². The van der Waals surface area contributed by atoms with Gasteiger partial charge in [0, 0.05) is 18.8 Å². The highest BCUT2D eigenvalue weighted by molar-refractivity contribution is 5.94. The lowest BCUT2D eigenvalue weighted by Gasteiger charge is -2.27. The topological polar surface area (TPSA) is 76.4 Å². The van der Waals surface area contributed by atoms with Crippen LogP contribution in [0.15, 0.2) is 54.6 Å². The summed E-state index contributed by atoms with van der Waals surface area (Å²) in [5.41, 5.74) is 2.28. The highest BCUT2D eigenvalue weighted by Crippen LogP contribution is 2.12. The van der Waals surface area contributed by atoms with Crippen molar-refractivity contribution in [1.82, 2.24) is 4.90 Å². The smallest absolute Gasteiger partial charge is 0.241 e. The Kier molecular flexibility index (Phi) is 6.50. The quantitative estimate of drug-likeness (QED) is 0.820. The molecule has 0 bridgehead atoms. The molecule has 2 aromatic rings. The molecule has 124 valence electrons. The number of hydrogen-bond donors (Lipinski definition) is 2. The van der Waals surface area contributed by atoms with Crippen molar-refractivity contribution >= 4 is 11.6 Å². The Hall–Kier alpha value is -2.68. The predicted molar refractivity (Wildman–Crippen MR) is 93.2 cm³/mol. The summed E-state index contributed by atoms with van der Waals surface area (Å²) in [5.74, 6) is -0.149. The van der Waals surface area contributed by atoms with Gasteiger partial charge in [0.15, 0.2) is 0 Å². The number of anilines is 1. The molecule has 0 spiro atoms. The number of nitriles is 1. The highest BCUT2D eigenvalue weighted by atomic mass is 16.3. The number of hydrogen-bond acceptors (Lipinski definition) is 4. The van der Waals surface area contributed by atoms with Crippen molar-refractivity contribution in [3.05, 3.63) is 65.7 Å². The van der Waals surface area contributed by atoms with Crippen molar-refractivity contribution in [2.24, 2.45) is 0 Å². The predicted octanol–water partition coefficient (Wildman–Crippen LogP) is 2.38. The summed E-state index contributed by atoms with van der Waals surface area (Å²) in [6.07, 6.45) is 0. The van der Waals surface area contributed by atoms with Crippen LogP contribution in [0, 0.1) is 11.3 Å². The molecular formula is C19H21N3O2. The average Bonchev–Trinajstić information content (AvgIpc) is 2.62. The fraction of sp³-hybridized carbons (Fsp3) is 0.263. The first-order valence-electron chi connectivity index (χ1n) is 7.84. The number of aliphatic hydroxyl groups is 1. The summed E-state index contributed by atoms with van der Waals surface area (Å²) < 4.78 is 0. The lowest BCUT2D eigenvalue weighted by atomic mass is 10.1. The summed E-state index contributed by atoms with van der Waals surface area (Å²) in [4.78, 5) is 14.4. The summed E-state index contributed by atoms with van der Waals surface area (Å²) in [6, 6.07) is 18.2. The minimum absolute atomic E-state index is 0.0126. The van der Waals surface area contributed by atoms with E-state index in [2.05, 4.69) is 5.32 Å². The normalized spacial score (nSPS) is 11.8. The lowest BCUT2D eigenvalue weighted by Crippen LogP contribution is -2.43. The maximum atomic E-state index is 12.5. The molecule has 2 rings (SSSR count). The van der Waals surface area contributed by atoms with Crippen LogP contribution in [0.2, 0.25) is 0 Å². The van der Waals surface area contributed by atoms with Gasteiger partial charge in [-0.25, -0.2) is 0 Å². The van der Waals surface area contributed by atoms with Crippen molar-refractivity contribution in [3.8, 4) is 6.07 Å². The van der Waals surface area contributed by atoms with Gasteiger partial charge in [-0.05, 0) is 36.8 Å². The number of benzene rings is 2. The number of rotatable bonds is 7. The molecule has 0 aliphatic heterocycles. The number of nitrogens with zero attached hydrogens (tertiary/aromatic N) is 2. The number of amides is 1. The van der Waals surface area contributed by atoms with Gasteiger partial charge in [-0.2, -0.15) is 5.26 Å². The number of nitrogens with one attached hydrogen (secondary N) is 1. The zero-order valence-electron chi connectivity index (χ0n) is 13.6. The Balaban J connectivity index is 2.03. The fourth-order valence-electron chi connectivity index (χ4n) is 2.40. The van der Waals surface area contributed by atoms with E-state index in [9.17, 15) is 9.90 Å². The molecule has 5 heteroatoms. The van der Waals surface area contributed by atoms with E-state index in [1.165, 1.54) is 0 Å². The van der Waals surface area contributed by atoms with Crippen LogP contribution in [-0.2, 0) is 11.3 Å². The van der Waals surface area contributed by atoms with Gasteiger partial charge in [0.1, 0.15) is 0 Å². The summed E-state index contributed by atoms with van der Waals surface area (Å²) in [5, 5.41) is 20.9. The number of carbonyl (C=O) groups excluding carboxylic acids is 1. The van der Waals surface area contributed by atoms with Gasteiger partial charge in [-0.1, -0.05) is 30.3 Å². The Morgan fingerprint density at radius 3 is 2.46 bits per heavy atom. The van der Waals surface area contributed by atoms with Crippen molar-refractivity contribution < 1.29 is 9.90 Å². The molecule has 0 aliphatic carbocycles. The first-order valence-corrected chi connectivity index (χ1v) is 7.84. The van der Waals surface area contributed by atoms with Crippen LogP contribution in [0.3, 0.4) is 0 Å². The van der Waals surface area contributed by atoms with Crippen molar-refractivity contribution in [3.63, 3.8) is 0 Å². The van der Waals surface area contributed by atoms with E-state index in [1.54, 1.807) is 24.3 Å². The molecule has 0 radical (unpaired) electrons. The second-order valence-corrected chi connectivity index (χ2v) is 5.53. The van der Waals surface area contributed by atoms with Crippen LogP contribution in [-0.4, -0.2) is 35.1 Å². The summed E-state index contributed by atoms with van der Waals surface area (Å²) in [6.45, 7) is 2.80. The molecule has 2 N–H and O–H groups in total.